The Morgan fingerprint density at radius 3 is 2.73 bits per heavy atom. The number of aromatic nitrogens is 2. The van der Waals surface area contributed by atoms with Crippen LogP contribution in [0.4, 0.5) is 5.82 Å². The number of nitrogens with one attached hydrogen (secondary N) is 1. The predicted molar refractivity (Wildman–Crippen MR) is 58.5 cm³/mol. The number of anilines is 1. The molecular formula is C11H17N3O. The van der Waals surface area contributed by atoms with Gasteiger partial charge in [-0.1, -0.05) is 12.8 Å². The summed E-state index contributed by atoms with van der Waals surface area (Å²) in [6, 6.07) is 1.90. The number of carbonyl (C=O) groups excluding carboxylic acids is 1. The zero-order valence-corrected chi connectivity index (χ0v) is 9.29. The third-order valence-electron chi connectivity index (χ3n) is 2.98. The molecule has 1 aromatic heterocycles. The number of hydrogen-bond donors (Lipinski definition) is 1. The fraction of sp³-hybridized carbons (Fsp3) is 0.636. The molecule has 1 amide bonds. The average molecular weight is 207 g/mol. The number of aryl methyl sites for hydroxylation is 2. The first-order valence-electron chi connectivity index (χ1n) is 5.48. The zero-order valence-electron chi connectivity index (χ0n) is 9.29. The molecule has 2 rings (SSSR count). The van der Waals surface area contributed by atoms with Crippen molar-refractivity contribution in [3.63, 3.8) is 0 Å². The second-order valence-electron chi connectivity index (χ2n) is 4.27. The van der Waals surface area contributed by atoms with E-state index in [1.165, 1.54) is 12.8 Å². The van der Waals surface area contributed by atoms with Gasteiger partial charge in [-0.15, -0.1) is 0 Å². The van der Waals surface area contributed by atoms with Crippen LogP contribution < -0.4 is 5.32 Å². The molecule has 15 heavy (non-hydrogen) atoms. The van der Waals surface area contributed by atoms with Gasteiger partial charge in [-0.3, -0.25) is 9.48 Å². The normalized spacial score (nSPS) is 16.9. The Morgan fingerprint density at radius 2 is 2.20 bits per heavy atom. The van der Waals surface area contributed by atoms with Gasteiger partial charge < -0.3 is 5.32 Å². The van der Waals surface area contributed by atoms with E-state index in [1.54, 1.807) is 4.68 Å². The molecule has 0 atom stereocenters. The summed E-state index contributed by atoms with van der Waals surface area (Å²) in [5.74, 6) is 1.15. The minimum absolute atomic E-state index is 0.149. The van der Waals surface area contributed by atoms with Gasteiger partial charge in [0.1, 0.15) is 5.82 Å². The molecule has 0 radical (unpaired) electrons. The van der Waals surface area contributed by atoms with Crippen LogP contribution in [-0.4, -0.2) is 15.7 Å². The first-order valence-corrected chi connectivity index (χ1v) is 5.48. The lowest BCUT2D eigenvalue weighted by atomic mass is 10.1. The van der Waals surface area contributed by atoms with Crippen LogP contribution in [0.3, 0.4) is 0 Å². The van der Waals surface area contributed by atoms with E-state index >= 15 is 0 Å². The maximum atomic E-state index is 11.8. The topological polar surface area (TPSA) is 46.9 Å². The summed E-state index contributed by atoms with van der Waals surface area (Å²) in [5, 5.41) is 7.13. The van der Waals surface area contributed by atoms with E-state index in [0.717, 1.165) is 24.4 Å². The van der Waals surface area contributed by atoms with Crippen LogP contribution in [0.5, 0.6) is 0 Å². The van der Waals surface area contributed by atoms with Crippen LogP contribution in [0.15, 0.2) is 6.07 Å². The Kier molecular flexibility index (Phi) is 2.75. The number of hydrogen-bond acceptors (Lipinski definition) is 2. The Bertz CT molecular complexity index is 364. The molecule has 0 bridgehead atoms. The first-order chi connectivity index (χ1) is 7.16. The van der Waals surface area contributed by atoms with Gasteiger partial charge in [-0.25, -0.2) is 0 Å². The molecule has 0 aromatic carbocycles. The molecule has 0 unspecified atom stereocenters. The van der Waals surface area contributed by atoms with Crippen molar-refractivity contribution in [1.29, 1.82) is 0 Å². The van der Waals surface area contributed by atoms with Crippen LogP contribution in [0.2, 0.25) is 0 Å². The molecule has 1 N–H and O–H groups in total. The summed E-state index contributed by atoms with van der Waals surface area (Å²) in [6.45, 7) is 1.92. The second kappa shape index (κ2) is 4.04. The standard InChI is InChI=1S/C11H17N3O/c1-8-7-10(14(2)13-8)12-11(15)9-5-3-4-6-9/h7,9H,3-6H2,1-2H3,(H,12,15). The van der Waals surface area contributed by atoms with Crippen molar-refractivity contribution in [2.24, 2.45) is 13.0 Å². The van der Waals surface area contributed by atoms with Crippen LogP contribution in [0.1, 0.15) is 31.4 Å². The highest BCUT2D eigenvalue weighted by Gasteiger charge is 2.23. The van der Waals surface area contributed by atoms with E-state index in [4.69, 9.17) is 0 Å². The quantitative estimate of drug-likeness (QED) is 0.804. The summed E-state index contributed by atoms with van der Waals surface area (Å²) in [6.07, 6.45) is 4.43. The zero-order chi connectivity index (χ0) is 10.8. The molecule has 1 aliphatic rings. The molecule has 0 spiro atoms. The lowest BCUT2D eigenvalue weighted by Gasteiger charge is -2.09. The summed E-state index contributed by atoms with van der Waals surface area (Å²) >= 11 is 0. The molecule has 1 aliphatic carbocycles. The highest BCUT2D eigenvalue weighted by atomic mass is 16.2. The minimum Gasteiger partial charge on any atom is -0.311 e. The lowest BCUT2D eigenvalue weighted by molar-refractivity contribution is -0.119. The Labute approximate surface area is 89.7 Å². The number of rotatable bonds is 2. The number of amides is 1. The lowest BCUT2D eigenvalue weighted by Crippen LogP contribution is -2.21. The van der Waals surface area contributed by atoms with E-state index in [9.17, 15) is 4.79 Å². The summed E-state index contributed by atoms with van der Waals surface area (Å²) in [5.41, 5.74) is 0.930. The van der Waals surface area contributed by atoms with Gasteiger partial charge in [0.05, 0.1) is 5.69 Å². The maximum absolute atomic E-state index is 11.8. The summed E-state index contributed by atoms with van der Waals surface area (Å²) < 4.78 is 1.71. The van der Waals surface area contributed by atoms with Gasteiger partial charge in [0.25, 0.3) is 0 Å². The van der Waals surface area contributed by atoms with Crippen molar-refractivity contribution >= 4 is 11.7 Å². The van der Waals surface area contributed by atoms with E-state index in [1.807, 2.05) is 20.0 Å². The third kappa shape index (κ3) is 2.19. The molecule has 4 nitrogen and oxygen atoms in total. The molecule has 1 fully saturated rings. The van der Waals surface area contributed by atoms with Crippen molar-refractivity contribution in [2.75, 3.05) is 5.32 Å². The highest BCUT2D eigenvalue weighted by Crippen LogP contribution is 2.25. The number of carbonyl (C=O) groups is 1. The van der Waals surface area contributed by atoms with Crippen molar-refractivity contribution < 1.29 is 4.79 Å². The monoisotopic (exact) mass is 207 g/mol. The van der Waals surface area contributed by atoms with Gasteiger partial charge in [0.15, 0.2) is 0 Å². The van der Waals surface area contributed by atoms with Gasteiger partial charge in [-0.2, -0.15) is 5.10 Å². The predicted octanol–water partition coefficient (Wildman–Crippen LogP) is 1.86. The van der Waals surface area contributed by atoms with Crippen molar-refractivity contribution in [1.82, 2.24) is 9.78 Å². The van der Waals surface area contributed by atoms with Crippen molar-refractivity contribution in [3.05, 3.63) is 11.8 Å². The van der Waals surface area contributed by atoms with E-state index < -0.39 is 0 Å². The molecule has 82 valence electrons. The maximum Gasteiger partial charge on any atom is 0.228 e. The smallest absolute Gasteiger partial charge is 0.228 e. The molecular weight excluding hydrogens is 190 g/mol. The van der Waals surface area contributed by atoms with Gasteiger partial charge in [0.2, 0.25) is 5.91 Å². The second-order valence-corrected chi connectivity index (χ2v) is 4.27. The fourth-order valence-corrected chi connectivity index (χ4v) is 2.14. The van der Waals surface area contributed by atoms with Gasteiger partial charge in [0, 0.05) is 19.0 Å². The minimum atomic E-state index is 0.149. The number of nitrogens with zero attached hydrogens (tertiary/aromatic N) is 2. The Morgan fingerprint density at radius 1 is 1.53 bits per heavy atom. The fourth-order valence-electron chi connectivity index (χ4n) is 2.14. The Hall–Kier alpha value is -1.32. The third-order valence-corrected chi connectivity index (χ3v) is 2.98. The van der Waals surface area contributed by atoms with Crippen LogP contribution in [-0.2, 0) is 11.8 Å². The van der Waals surface area contributed by atoms with Crippen LogP contribution >= 0.6 is 0 Å². The van der Waals surface area contributed by atoms with Crippen molar-refractivity contribution in [2.45, 2.75) is 32.6 Å². The van der Waals surface area contributed by atoms with Crippen LogP contribution in [0, 0.1) is 12.8 Å². The van der Waals surface area contributed by atoms with E-state index in [-0.39, 0.29) is 11.8 Å². The Balaban J connectivity index is 2.01. The largest absolute Gasteiger partial charge is 0.311 e. The van der Waals surface area contributed by atoms with Crippen molar-refractivity contribution in [3.8, 4) is 0 Å². The molecule has 1 saturated carbocycles. The first kappa shape index (κ1) is 10.2. The van der Waals surface area contributed by atoms with E-state index in [0.29, 0.717) is 0 Å². The molecule has 1 aromatic rings. The summed E-state index contributed by atoms with van der Waals surface area (Å²) in [4.78, 5) is 11.8. The van der Waals surface area contributed by atoms with E-state index in [2.05, 4.69) is 10.4 Å². The molecule has 0 aliphatic heterocycles. The summed E-state index contributed by atoms with van der Waals surface area (Å²) in [7, 11) is 1.84. The van der Waals surface area contributed by atoms with Gasteiger partial charge in [-0.05, 0) is 19.8 Å². The molecule has 0 saturated heterocycles. The average Bonchev–Trinajstić information content (AvgIpc) is 2.76. The van der Waals surface area contributed by atoms with Crippen LogP contribution in [0.25, 0.3) is 0 Å². The SMILES string of the molecule is Cc1cc(NC(=O)C2CCCC2)n(C)n1. The highest BCUT2D eigenvalue weighted by molar-refractivity contribution is 5.91. The van der Waals surface area contributed by atoms with Gasteiger partial charge >= 0.3 is 0 Å². The molecule has 1 heterocycles. The molecule has 4 heteroatoms.